The molecule has 0 spiro atoms. The predicted octanol–water partition coefficient (Wildman–Crippen LogP) is 1.38. The lowest BCUT2D eigenvalue weighted by Gasteiger charge is -2.42. The van der Waals surface area contributed by atoms with E-state index >= 15 is 0 Å². The highest BCUT2D eigenvalue weighted by molar-refractivity contribution is 5.99. The maximum atomic E-state index is 12.7. The van der Waals surface area contributed by atoms with E-state index in [4.69, 9.17) is 9.47 Å². The molecule has 24 heavy (non-hydrogen) atoms. The number of benzene rings is 1. The van der Waals surface area contributed by atoms with Gasteiger partial charge in [0, 0.05) is 25.9 Å². The topological polar surface area (TPSA) is 67.9 Å². The van der Waals surface area contributed by atoms with Crippen LogP contribution in [0.25, 0.3) is 0 Å². The first kappa shape index (κ1) is 16.9. The smallest absolute Gasteiger partial charge is 0.228 e. The molecular weight excluding hydrogens is 308 g/mol. The maximum Gasteiger partial charge on any atom is 0.228 e. The van der Waals surface area contributed by atoms with Gasteiger partial charge in [-0.3, -0.25) is 9.59 Å². The summed E-state index contributed by atoms with van der Waals surface area (Å²) in [5, 5.41) is 2.83. The van der Waals surface area contributed by atoms with Crippen LogP contribution in [0.2, 0.25) is 0 Å². The van der Waals surface area contributed by atoms with E-state index in [2.05, 4.69) is 5.32 Å². The number of carbonyl (C=O) groups is 2. The molecule has 0 radical (unpaired) electrons. The van der Waals surface area contributed by atoms with Crippen molar-refractivity contribution in [3.8, 4) is 0 Å². The van der Waals surface area contributed by atoms with Crippen molar-refractivity contribution in [2.45, 2.75) is 38.4 Å². The summed E-state index contributed by atoms with van der Waals surface area (Å²) in [6, 6.07) is 5.75. The molecule has 0 unspecified atom stereocenters. The Morgan fingerprint density at radius 1 is 1.46 bits per heavy atom. The normalized spacial score (nSPS) is 22.2. The Kier molecular flexibility index (Phi) is 4.60. The van der Waals surface area contributed by atoms with Gasteiger partial charge < -0.3 is 19.7 Å². The van der Waals surface area contributed by atoms with Crippen molar-refractivity contribution in [1.29, 1.82) is 0 Å². The fourth-order valence-electron chi connectivity index (χ4n) is 3.42. The number of methoxy groups -OCH3 is 1. The molecule has 2 amide bonds. The van der Waals surface area contributed by atoms with Gasteiger partial charge in [-0.25, -0.2) is 0 Å². The molecule has 1 saturated heterocycles. The van der Waals surface area contributed by atoms with Gasteiger partial charge in [0.1, 0.15) is 0 Å². The summed E-state index contributed by atoms with van der Waals surface area (Å²) >= 11 is 0. The lowest BCUT2D eigenvalue weighted by Crippen LogP contribution is -2.56. The van der Waals surface area contributed by atoms with Crippen LogP contribution in [-0.2, 0) is 31.9 Å². The second-order valence-electron chi connectivity index (χ2n) is 7.12. The number of carbonyl (C=O) groups excluding carboxylic acids is 2. The third-order valence-corrected chi connectivity index (χ3v) is 4.34. The van der Waals surface area contributed by atoms with Gasteiger partial charge in [-0.05, 0) is 31.0 Å². The summed E-state index contributed by atoms with van der Waals surface area (Å²) in [6.07, 6.45) is 0.626. The van der Waals surface area contributed by atoms with E-state index < -0.39 is 0 Å². The van der Waals surface area contributed by atoms with Crippen LogP contribution >= 0.6 is 0 Å². The fraction of sp³-hybridized carbons (Fsp3) is 0.556. The number of rotatable bonds is 4. The number of anilines is 1. The second kappa shape index (κ2) is 6.53. The highest BCUT2D eigenvalue weighted by atomic mass is 16.5. The lowest BCUT2D eigenvalue weighted by molar-refractivity contribution is -0.168. The average Bonchev–Trinajstić information content (AvgIpc) is 2.85. The standard InChI is InChI=1S/C18H24N2O4/c1-18(2)11-20(9-14(24-18)10-23-3)17(22)7-12-4-5-13-8-16(21)19-15(13)6-12/h4-6,14H,7-11H2,1-3H3,(H,19,21)/t14-/m1/s1. The number of morpholine rings is 1. The van der Waals surface area contributed by atoms with E-state index in [1.165, 1.54) is 0 Å². The minimum absolute atomic E-state index is 0.00538. The minimum Gasteiger partial charge on any atom is -0.382 e. The molecule has 130 valence electrons. The van der Waals surface area contributed by atoms with Crippen LogP contribution in [0.4, 0.5) is 5.69 Å². The van der Waals surface area contributed by atoms with Crippen molar-refractivity contribution in [2.24, 2.45) is 0 Å². The van der Waals surface area contributed by atoms with Crippen LogP contribution in [0, 0.1) is 0 Å². The summed E-state index contributed by atoms with van der Waals surface area (Å²) in [5.41, 5.74) is 2.34. The lowest BCUT2D eigenvalue weighted by atomic mass is 10.0. The molecule has 1 fully saturated rings. The summed E-state index contributed by atoms with van der Waals surface area (Å²) in [6.45, 7) is 5.55. The number of amides is 2. The zero-order valence-corrected chi connectivity index (χ0v) is 14.4. The highest BCUT2D eigenvalue weighted by Gasteiger charge is 2.35. The molecule has 1 aromatic carbocycles. The summed E-state index contributed by atoms with van der Waals surface area (Å²) in [7, 11) is 1.63. The molecule has 2 aliphatic rings. The molecule has 6 nitrogen and oxygen atoms in total. The van der Waals surface area contributed by atoms with Crippen LogP contribution in [0.1, 0.15) is 25.0 Å². The molecule has 2 heterocycles. The minimum atomic E-state index is -0.386. The molecule has 3 rings (SSSR count). The van der Waals surface area contributed by atoms with Crippen LogP contribution in [0.3, 0.4) is 0 Å². The van der Waals surface area contributed by atoms with E-state index in [1.807, 2.05) is 36.9 Å². The predicted molar refractivity (Wildman–Crippen MR) is 89.9 cm³/mol. The SMILES string of the molecule is COC[C@H]1CN(C(=O)Cc2ccc3c(c2)NC(=O)C3)CC(C)(C)O1. The van der Waals surface area contributed by atoms with Gasteiger partial charge in [-0.1, -0.05) is 12.1 Å². The first-order valence-corrected chi connectivity index (χ1v) is 8.22. The third kappa shape index (κ3) is 3.76. The Morgan fingerprint density at radius 2 is 2.25 bits per heavy atom. The van der Waals surface area contributed by atoms with Crippen molar-refractivity contribution < 1.29 is 19.1 Å². The molecule has 0 bridgehead atoms. The van der Waals surface area contributed by atoms with E-state index in [0.717, 1.165) is 16.8 Å². The summed E-state index contributed by atoms with van der Waals surface area (Å²) < 4.78 is 11.1. The molecule has 0 saturated carbocycles. The van der Waals surface area contributed by atoms with Gasteiger partial charge in [0.25, 0.3) is 0 Å². The Hall–Kier alpha value is -1.92. The van der Waals surface area contributed by atoms with Gasteiger partial charge in [0.2, 0.25) is 11.8 Å². The van der Waals surface area contributed by atoms with Crippen molar-refractivity contribution in [1.82, 2.24) is 4.90 Å². The van der Waals surface area contributed by atoms with Gasteiger partial charge in [0.15, 0.2) is 0 Å². The molecule has 1 aromatic rings. The number of hydrogen-bond acceptors (Lipinski definition) is 4. The highest BCUT2D eigenvalue weighted by Crippen LogP contribution is 2.25. The van der Waals surface area contributed by atoms with Gasteiger partial charge in [0.05, 0.1) is 31.2 Å². The first-order chi connectivity index (χ1) is 11.4. The van der Waals surface area contributed by atoms with Gasteiger partial charge in [-0.15, -0.1) is 0 Å². The third-order valence-electron chi connectivity index (χ3n) is 4.34. The van der Waals surface area contributed by atoms with E-state index in [0.29, 0.717) is 32.5 Å². The maximum absolute atomic E-state index is 12.7. The van der Waals surface area contributed by atoms with Crippen LogP contribution in [0.15, 0.2) is 18.2 Å². The van der Waals surface area contributed by atoms with E-state index in [-0.39, 0.29) is 23.5 Å². The fourth-order valence-corrected chi connectivity index (χ4v) is 3.42. The molecule has 0 aromatic heterocycles. The Morgan fingerprint density at radius 3 is 3.00 bits per heavy atom. The second-order valence-corrected chi connectivity index (χ2v) is 7.12. The summed E-state index contributed by atoms with van der Waals surface area (Å²) in [4.78, 5) is 26.0. The molecule has 2 aliphatic heterocycles. The average molecular weight is 332 g/mol. The first-order valence-electron chi connectivity index (χ1n) is 8.22. The van der Waals surface area contributed by atoms with Crippen LogP contribution < -0.4 is 5.32 Å². The van der Waals surface area contributed by atoms with Gasteiger partial charge >= 0.3 is 0 Å². The van der Waals surface area contributed by atoms with E-state index in [9.17, 15) is 9.59 Å². The monoisotopic (exact) mass is 332 g/mol. The van der Waals surface area contributed by atoms with Crippen molar-refractivity contribution in [3.63, 3.8) is 0 Å². The number of nitrogens with one attached hydrogen (secondary N) is 1. The van der Waals surface area contributed by atoms with Crippen molar-refractivity contribution in [3.05, 3.63) is 29.3 Å². The number of fused-ring (bicyclic) bond motifs is 1. The zero-order chi connectivity index (χ0) is 17.3. The van der Waals surface area contributed by atoms with Crippen molar-refractivity contribution >= 4 is 17.5 Å². The quantitative estimate of drug-likeness (QED) is 0.904. The molecule has 6 heteroatoms. The largest absolute Gasteiger partial charge is 0.382 e. The molecule has 0 aliphatic carbocycles. The number of hydrogen-bond donors (Lipinski definition) is 1. The summed E-state index contributed by atoms with van der Waals surface area (Å²) in [5.74, 6) is 0.0718. The zero-order valence-electron chi connectivity index (χ0n) is 14.4. The number of nitrogens with zero attached hydrogens (tertiary/aromatic N) is 1. The van der Waals surface area contributed by atoms with Crippen molar-refractivity contribution in [2.75, 3.05) is 32.1 Å². The van der Waals surface area contributed by atoms with Crippen LogP contribution in [0.5, 0.6) is 0 Å². The number of ether oxygens (including phenoxy) is 2. The molecule has 1 N–H and O–H groups in total. The molecule has 1 atom stereocenters. The van der Waals surface area contributed by atoms with E-state index in [1.54, 1.807) is 7.11 Å². The Bertz CT molecular complexity index is 656. The van der Waals surface area contributed by atoms with Gasteiger partial charge in [-0.2, -0.15) is 0 Å². The molecular formula is C18H24N2O4. The Labute approximate surface area is 142 Å². The Balaban J connectivity index is 1.68. The van der Waals surface area contributed by atoms with Crippen LogP contribution in [-0.4, -0.2) is 55.2 Å².